The average molecular weight is 297 g/mol. The zero-order valence-electron chi connectivity index (χ0n) is 14.5. The lowest BCUT2D eigenvalue weighted by molar-refractivity contribution is -0.155. The summed E-state index contributed by atoms with van der Waals surface area (Å²) in [7, 11) is 1.97. The van der Waals surface area contributed by atoms with Gasteiger partial charge in [0.15, 0.2) is 0 Å². The Bertz CT molecular complexity index is 380. The summed E-state index contributed by atoms with van der Waals surface area (Å²) >= 11 is 0. The smallest absolute Gasteiger partial charge is 0.320 e. The number of ether oxygens (including phenoxy) is 2. The minimum atomic E-state index is -0.413. The summed E-state index contributed by atoms with van der Waals surface area (Å²) in [5, 5.41) is 0. The zero-order valence-corrected chi connectivity index (χ0v) is 14.5. The van der Waals surface area contributed by atoms with Gasteiger partial charge < -0.3 is 9.47 Å². The molecule has 0 atom stereocenters. The summed E-state index contributed by atoms with van der Waals surface area (Å²) in [4.78, 5) is 13.8. The van der Waals surface area contributed by atoms with Crippen molar-refractivity contribution < 1.29 is 14.3 Å². The van der Waals surface area contributed by atoms with Crippen LogP contribution in [0.1, 0.15) is 47.5 Å². The van der Waals surface area contributed by atoms with Gasteiger partial charge in [0.2, 0.25) is 0 Å². The lowest BCUT2D eigenvalue weighted by Gasteiger charge is -2.32. The van der Waals surface area contributed by atoms with E-state index >= 15 is 0 Å². The molecular formula is C17H31NO3. The van der Waals surface area contributed by atoms with E-state index in [4.69, 9.17) is 9.47 Å². The number of esters is 1. The maximum absolute atomic E-state index is 11.8. The molecule has 122 valence electrons. The van der Waals surface area contributed by atoms with E-state index in [9.17, 15) is 4.79 Å². The summed E-state index contributed by atoms with van der Waals surface area (Å²) in [6.45, 7) is 13.0. The van der Waals surface area contributed by atoms with Crippen molar-refractivity contribution in [2.24, 2.45) is 5.41 Å². The Morgan fingerprint density at radius 1 is 1.33 bits per heavy atom. The van der Waals surface area contributed by atoms with Crippen LogP contribution in [0.2, 0.25) is 0 Å². The number of hydrogen-bond donors (Lipinski definition) is 0. The van der Waals surface area contributed by atoms with Crippen LogP contribution in [0.5, 0.6) is 0 Å². The molecule has 4 nitrogen and oxygen atoms in total. The Hall–Kier alpha value is -0.870. The lowest BCUT2D eigenvalue weighted by atomic mass is 9.79. The largest absolute Gasteiger partial charge is 0.459 e. The molecule has 0 aromatic rings. The van der Waals surface area contributed by atoms with Crippen LogP contribution in [-0.4, -0.2) is 49.8 Å². The summed E-state index contributed by atoms with van der Waals surface area (Å²) in [6, 6.07) is 0. The van der Waals surface area contributed by atoms with Gasteiger partial charge in [-0.15, -0.1) is 0 Å². The number of likely N-dealkylation sites (N-methyl/N-ethyl adjacent to an activating group) is 1. The van der Waals surface area contributed by atoms with Crippen LogP contribution in [0.15, 0.2) is 11.6 Å². The lowest BCUT2D eigenvalue weighted by Crippen LogP contribution is -2.35. The van der Waals surface area contributed by atoms with E-state index in [1.54, 1.807) is 0 Å². The van der Waals surface area contributed by atoms with E-state index in [1.165, 1.54) is 5.57 Å². The molecule has 0 aromatic carbocycles. The predicted octanol–water partition coefficient (Wildman–Crippen LogP) is 3.02. The molecular weight excluding hydrogens is 266 g/mol. The maximum Gasteiger partial charge on any atom is 0.320 e. The SMILES string of the molecule is CN(CCC(C)(C)C1=CCOCC1)CC(=O)OC(C)(C)C. The second-order valence-electron chi connectivity index (χ2n) is 7.51. The van der Waals surface area contributed by atoms with Crippen LogP contribution in [0.4, 0.5) is 0 Å². The highest BCUT2D eigenvalue weighted by molar-refractivity contribution is 5.72. The van der Waals surface area contributed by atoms with Gasteiger partial charge in [-0.1, -0.05) is 25.5 Å². The van der Waals surface area contributed by atoms with Crippen molar-refractivity contribution in [2.75, 3.05) is 33.4 Å². The van der Waals surface area contributed by atoms with Crippen molar-refractivity contribution in [3.63, 3.8) is 0 Å². The molecule has 1 aliphatic rings. The molecule has 0 radical (unpaired) electrons. The van der Waals surface area contributed by atoms with Crippen molar-refractivity contribution in [1.82, 2.24) is 4.90 Å². The van der Waals surface area contributed by atoms with E-state index in [0.717, 1.165) is 32.6 Å². The first-order valence-electron chi connectivity index (χ1n) is 7.78. The highest BCUT2D eigenvalue weighted by atomic mass is 16.6. The number of hydrogen-bond acceptors (Lipinski definition) is 4. The fourth-order valence-corrected chi connectivity index (χ4v) is 2.45. The topological polar surface area (TPSA) is 38.8 Å². The molecule has 0 aliphatic carbocycles. The summed E-state index contributed by atoms with van der Waals surface area (Å²) < 4.78 is 10.7. The van der Waals surface area contributed by atoms with Gasteiger partial charge in [-0.2, -0.15) is 0 Å². The third-order valence-electron chi connectivity index (χ3n) is 3.77. The van der Waals surface area contributed by atoms with Crippen molar-refractivity contribution in [2.45, 2.75) is 53.1 Å². The molecule has 0 aromatic heterocycles. The van der Waals surface area contributed by atoms with E-state index in [1.807, 2.05) is 32.7 Å². The van der Waals surface area contributed by atoms with Gasteiger partial charge in [-0.3, -0.25) is 9.69 Å². The zero-order chi connectivity index (χ0) is 16.1. The molecule has 0 N–H and O–H groups in total. The summed E-state index contributed by atoms with van der Waals surface area (Å²) in [5.74, 6) is -0.159. The van der Waals surface area contributed by atoms with Crippen molar-refractivity contribution in [1.29, 1.82) is 0 Å². The van der Waals surface area contributed by atoms with Crippen molar-refractivity contribution in [3.05, 3.63) is 11.6 Å². The number of carbonyl (C=O) groups excluding carboxylic acids is 1. The van der Waals surface area contributed by atoms with Crippen LogP contribution in [-0.2, 0) is 14.3 Å². The van der Waals surface area contributed by atoms with Gasteiger partial charge in [0, 0.05) is 0 Å². The third-order valence-corrected chi connectivity index (χ3v) is 3.77. The number of nitrogens with zero attached hydrogens (tertiary/aromatic N) is 1. The van der Waals surface area contributed by atoms with Crippen LogP contribution >= 0.6 is 0 Å². The maximum atomic E-state index is 11.8. The second-order valence-corrected chi connectivity index (χ2v) is 7.51. The fraction of sp³-hybridized carbons (Fsp3) is 0.824. The summed E-state index contributed by atoms with van der Waals surface area (Å²) in [5.41, 5.74) is 1.22. The highest BCUT2D eigenvalue weighted by Crippen LogP contribution is 2.33. The Kier molecular flexibility index (Phi) is 6.41. The van der Waals surface area contributed by atoms with Crippen LogP contribution < -0.4 is 0 Å². The van der Waals surface area contributed by atoms with Gasteiger partial charge in [-0.05, 0) is 52.6 Å². The molecule has 0 bridgehead atoms. The van der Waals surface area contributed by atoms with Crippen LogP contribution in [0, 0.1) is 5.41 Å². The van der Waals surface area contributed by atoms with Crippen LogP contribution in [0.25, 0.3) is 0 Å². The standard InChI is InChI=1S/C17H31NO3/c1-16(2,3)21-15(19)13-18(6)10-9-17(4,5)14-7-11-20-12-8-14/h7H,8-13H2,1-6H3. The first kappa shape index (κ1) is 18.2. The number of rotatable bonds is 6. The molecule has 0 amide bonds. The quantitative estimate of drug-likeness (QED) is 0.558. The average Bonchev–Trinajstić information content (AvgIpc) is 2.35. The Labute approximate surface area is 129 Å². The molecule has 0 unspecified atom stereocenters. The van der Waals surface area contributed by atoms with Crippen molar-refractivity contribution >= 4 is 5.97 Å². The van der Waals surface area contributed by atoms with E-state index in [0.29, 0.717) is 6.54 Å². The third kappa shape index (κ3) is 7.09. The second kappa shape index (κ2) is 7.41. The fourth-order valence-electron chi connectivity index (χ4n) is 2.45. The Morgan fingerprint density at radius 2 is 2.00 bits per heavy atom. The molecule has 0 saturated heterocycles. The summed E-state index contributed by atoms with van der Waals surface area (Å²) in [6.07, 6.45) is 4.25. The van der Waals surface area contributed by atoms with Gasteiger partial charge in [0.05, 0.1) is 19.8 Å². The predicted molar refractivity (Wildman–Crippen MR) is 85.3 cm³/mol. The highest BCUT2D eigenvalue weighted by Gasteiger charge is 2.25. The number of carbonyl (C=O) groups is 1. The molecule has 1 rings (SSSR count). The monoisotopic (exact) mass is 297 g/mol. The normalized spacial score (nSPS) is 16.8. The van der Waals surface area contributed by atoms with Crippen molar-refractivity contribution in [3.8, 4) is 0 Å². The molecule has 0 saturated carbocycles. The molecule has 1 aliphatic heterocycles. The van der Waals surface area contributed by atoms with E-state index < -0.39 is 5.60 Å². The van der Waals surface area contributed by atoms with Gasteiger partial charge >= 0.3 is 5.97 Å². The minimum Gasteiger partial charge on any atom is -0.459 e. The van der Waals surface area contributed by atoms with Gasteiger partial charge in [0.1, 0.15) is 5.60 Å². The molecule has 0 fully saturated rings. The Balaban J connectivity index is 2.39. The first-order valence-corrected chi connectivity index (χ1v) is 7.78. The van der Waals surface area contributed by atoms with E-state index in [-0.39, 0.29) is 11.4 Å². The van der Waals surface area contributed by atoms with E-state index in [2.05, 4.69) is 19.9 Å². The Morgan fingerprint density at radius 3 is 2.52 bits per heavy atom. The molecule has 21 heavy (non-hydrogen) atoms. The van der Waals surface area contributed by atoms with Crippen LogP contribution in [0.3, 0.4) is 0 Å². The van der Waals surface area contributed by atoms with Gasteiger partial charge in [0.25, 0.3) is 0 Å². The molecule has 0 spiro atoms. The van der Waals surface area contributed by atoms with Gasteiger partial charge in [-0.25, -0.2) is 0 Å². The molecule has 4 heteroatoms. The minimum absolute atomic E-state index is 0.159. The first-order chi connectivity index (χ1) is 9.60. The molecule has 1 heterocycles.